The highest BCUT2D eigenvalue weighted by molar-refractivity contribution is 5.85. The highest BCUT2D eigenvalue weighted by atomic mass is 16.6. The van der Waals surface area contributed by atoms with E-state index in [0.717, 1.165) is 0 Å². The Morgan fingerprint density at radius 3 is 2.56 bits per heavy atom. The van der Waals surface area contributed by atoms with Crippen molar-refractivity contribution >= 4 is 12.0 Å². The highest BCUT2D eigenvalue weighted by Gasteiger charge is 2.29. The minimum Gasteiger partial charge on any atom is -0.474 e. The molecule has 1 aromatic rings. The molecule has 1 aliphatic heterocycles. The average Bonchev–Trinajstić information content (AvgIpc) is 2.60. The van der Waals surface area contributed by atoms with Gasteiger partial charge in [-0.3, -0.25) is 4.79 Å². The van der Waals surface area contributed by atoms with Gasteiger partial charge in [-0.15, -0.1) is 0 Å². The van der Waals surface area contributed by atoms with Crippen LogP contribution in [0.1, 0.15) is 40.5 Å². The number of nitrogens with one attached hydrogen (secondary N) is 1. The van der Waals surface area contributed by atoms with Crippen molar-refractivity contribution in [1.82, 2.24) is 20.2 Å². The molecule has 0 radical (unpaired) electrons. The lowest BCUT2D eigenvalue weighted by Gasteiger charge is -2.33. The van der Waals surface area contributed by atoms with E-state index in [-0.39, 0.29) is 18.0 Å². The molecular formula is C18H28N4O5. The summed E-state index contributed by atoms with van der Waals surface area (Å²) in [6.45, 7) is 8.07. The second kappa shape index (κ2) is 8.88. The predicted molar refractivity (Wildman–Crippen MR) is 97.6 cm³/mol. The van der Waals surface area contributed by atoms with Crippen LogP contribution in [0.15, 0.2) is 12.3 Å². The number of hydrogen-bond donors (Lipinski definition) is 1. The highest BCUT2D eigenvalue weighted by Crippen LogP contribution is 2.19. The number of ether oxygens (including phenoxy) is 3. The van der Waals surface area contributed by atoms with Gasteiger partial charge in [-0.05, 0) is 27.7 Å². The van der Waals surface area contributed by atoms with E-state index in [1.54, 1.807) is 44.9 Å². The van der Waals surface area contributed by atoms with Crippen LogP contribution in [0.3, 0.4) is 0 Å². The molecule has 2 amide bonds. The number of carbonyl (C=O) groups excluding carboxylic acids is 2. The number of amides is 2. The largest absolute Gasteiger partial charge is 0.474 e. The molecule has 27 heavy (non-hydrogen) atoms. The number of alkyl carbamates (subject to hydrolysis) is 1. The van der Waals surface area contributed by atoms with Crippen molar-refractivity contribution in [3.05, 3.63) is 12.3 Å². The van der Waals surface area contributed by atoms with Crippen LogP contribution in [0, 0.1) is 0 Å². The molecule has 1 N–H and O–H groups in total. The Morgan fingerprint density at radius 2 is 1.96 bits per heavy atom. The predicted octanol–water partition coefficient (Wildman–Crippen LogP) is 1.77. The van der Waals surface area contributed by atoms with Gasteiger partial charge in [0.2, 0.25) is 11.8 Å². The lowest BCUT2D eigenvalue weighted by Crippen LogP contribution is -2.51. The zero-order valence-corrected chi connectivity index (χ0v) is 16.5. The van der Waals surface area contributed by atoms with Gasteiger partial charge in [0, 0.05) is 38.2 Å². The first-order chi connectivity index (χ1) is 12.7. The molecule has 150 valence electrons. The molecule has 0 saturated carbocycles. The number of carbonyl (C=O) groups is 2. The lowest BCUT2D eigenvalue weighted by molar-refractivity contribution is -0.134. The Kier molecular flexibility index (Phi) is 6.81. The van der Waals surface area contributed by atoms with Crippen LogP contribution < -0.4 is 14.8 Å². The molecule has 0 aliphatic carbocycles. The summed E-state index contributed by atoms with van der Waals surface area (Å²) in [7, 11) is 1.50. The molecule has 1 unspecified atom stereocenters. The standard InChI is InChI=1S/C18H28N4O5/c1-12(20-17(24)27-18(2,3)4)15(23)22-10-7-13(8-11-22)26-14-6-9-19-16(21-14)25-5/h6,9,12-13H,7-8,10-11H2,1-5H3,(H,20,24). The van der Waals surface area contributed by atoms with E-state index < -0.39 is 17.7 Å². The average molecular weight is 380 g/mol. The van der Waals surface area contributed by atoms with Crippen molar-refractivity contribution in [3.8, 4) is 11.9 Å². The van der Waals surface area contributed by atoms with Gasteiger partial charge in [0.15, 0.2) is 0 Å². The number of aromatic nitrogens is 2. The van der Waals surface area contributed by atoms with E-state index >= 15 is 0 Å². The molecule has 0 bridgehead atoms. The fraction of sp³-hybridized carbons (Fsp3) is 0.667. The van der Waals surface area contributed by atoms with Crippen molar-refractivity contribution in [2.24, 2.45) is 0 Å². The summed E-state index contributed by atoms with van der Waals surface area (Å²) in [5.41, 5.74) is -0.605. The molecule has 1 saturated heterocycles. The van der Waals surface area contributed by atoms with Crippen molar-refractivity contribution in [3.63, 3.8) is 0 Å². The van der Waals surface area contributed by atoms with Crippen LogP contribution in [0.2, 0.25) is 0 Å². The first-order valence-electron chi connectivity index (χ1n) is 9.00. The van der Waals surface area contributed by atoms with Crippen molar-refractivity contribution < 1.29 is 23.8 Å². The molecular weight excluding hydrogens is 352 g/mol. The van der Waals surface area contributed by atoms with Gasteiger partial charge in [-0.25, -0.2) is 9.78 Å². The van der Waals surface area contributed by atoms with Crippen LogP contribution in [-0.2, 0) is 9.53 Å². The quantitative estimate of drug-likeness (QED) is 0.830. The number of nitrogens with zero attached hydrogens (tertiary/aromatic N) is 3. The topological polar surface area (TPSA) is 103 Å². The first kappa shape index (κ1) is 20.7. The van der Waals surface area contributed by atoms with Gasteiger partial charge in [0.05, 0.1) is 7.11 Å². The molecule has 0 aromatic carbocycles. The zero-order chi connectivity index (χ0) is 20.0. The molecule has 9 heteroatoms. The van der Waals surface area contributed by atoms with Gasteiger partial charge in [0.1, 0.15) is 17.7 Å². The fourth-order valence-corrected chi connectivity index (χ4v) is 2.67. The van der Waals surface area contributed by atoms with Crippen LogP contribution in [0.4, 0.5) is 4.79 Å². The maximum atomic E-state index is 12.5. The number of piperidine rings is 1. The SMILES string of the molecule is COc1nccc(OC2CCN(C(=O)C(C)NC(=O)OC(C)(C)C)CC2)n1. The Bertz CT molecular complexity index is 653. The maximum absolute atomic E-state index is 12.5. The van der Waals surface area contributed by atoms with E-state index in [1.807, 2.05) is 0 Å². The summed E-state index contributed by atoms with van der Waals surface area (Å²) in [6.07, 6.45) is 2.29. The Hall–Kier alpha value is -2.58. The number of hydrogen-bond acceptors (Lipinski definition) is 7. The normalized spacial score (nSPS) is 16.4. The van der Waals surface area contributed by atoms with Crippen molar-refractivity contribution in [1.29, 1.82) is 0 Å². The Balaban J connectivity index is 1.80. The number of rotatable bonds is 5. The number of methoxy groups -OCH3 is 1. The molecule has 2 rings (SSSR count). The van der Waals surface area contributed by atoms with Gasteiger partial charge < -0.3 is 24.4 Å². The third-order valence-electron chi connectivity index (χ3n) is 3.94. The van der Waals surface area contributed by atoms with Gasteiger partial charge >= 0.3 is 12.1 Å². The summed E-state index contributed by atoms with van der Waals surface area (Å²) < 4.78 is 16.0. The van der Waals surface area contributed by atoms with Crippen molar-refractivity contribution in [2.45, 2.75) is 58.3 Å². The lowest BCUT2D eigenvalue weighted by atomic mass is 10.1. The molecule has 2 heterocycles. The van der Waals surface area contributed by atoms with E-state index in [0.29, 0.717) is 31.8 Å². The molecule has 1 aromatic heterocycles. The minimum absolute atomic E-state index is 0.0391. The van der Waals surface area contributed by atoms with E-state index in [2.05, 4.69) is 15.3 Å². The molecule has 1 fully saturated rings. The van der Waals surface area contributed by atoms with Crippen LogP contribution in [-0.4, -0.2) is 64.8 Å². The van der Waals surface area contributed by atoms with E-state index in [1.165, 1.54) is 7.11 Å². The maximum Gasteiger partial charge on any atom is 0.408 e. The minimum atomic E-state index is -0.650. The van der Waals surface area contributed by atoms with E-state index in [4.69, 9.17) is 14.2 Å². The van der Waals surface area contributed by atoms with Gasteiger partial charge in [-0.1, -0.05) is 0 Å². The van der Waals surface area contributed by atoms with Crippen molar-refractivity contribution in [2.75, 3.05) is 20.2 Å². The summed E-state index contributed by atoms with van der Waals surface area (Å²) >= 11 is 0. The third kappa shape index (κ3) is 6.58. The van der Waals surface area contributed by atoms with Crippen LogP contribution >= 0.6 is 0 Å². The smallest absolute Gasteiger partial charge is 0.408 e. The first-order valence-corrected chi connectivity index (χ1v) is 9.00. The fourth-order valence-electron chi connectivity index (χ4n) is 2.67. The van der Waals surface area contributed by atoms with Gasteiger partial charge in [0.25, 0.3) is 0 Å². The molecule has 9 nitrogen and oxygen atoms in total. The second-order valence-electron chi connectivity index (χ2n) is 7.39. The second-order valence-corrected chi connectivity index (χ2v) is 7.39. The number of likely N-dealkylation sites (tertiary alicyclic amines) is 1. The summed E-state index contributed by atoms with van der Waals surface area (Å²) in [4.78, 5) is 34.1. The zero-order valence-electron chi connectivity index (χ0n) is 16.5. The molecule has 1 aliphatic rings. The van der Waals surface area contributed by atoms with Crippen LogP contribution in [0.25, 0.3) is 0 Å². The van der Waals surface area contributed by atoms with Crippen LogP contribution in [0.5, 0.6) is 11.9 Å². The van der Waals surface area contributed by atoms with E-state index in [9.17, 15) is 9.59 Å². The monoisotopic (exact) mass is 380 g/mol. The molecule has 1 atom stereocenters. The third-order valence-corrected chi connectivity index (χ3v) is 3.94. The Labute approximate surface area is 159 Å². The Morgan fingerprint density at radius 1 is 1.30 bits per heavy atom. The summed E-state index contributed by atoms with van der Waals surface area (Å²) in [5.74, 6) is 0.314. The molecule has 0 spiro atoms. The summed E-state index contributed by atoms with van der Waals surface area (Å²) in [5, 5.41) is 2.58. The summed E-state index contributed by atoms with van der Waals surface area (Å²) in [6, 6.07) is 1.28. The van der Waals surface area contributed by atoms with Gasteiger partial charge in [-0.2, -0.15) is 4.98 Å².